The number of hydrogen-bond donors (Lipinski definition) is 1. The Labute approximate surface area is 134 Å². The lowest BCUT2D eigenvalue weighted by Gasteiger charge is -2.38. The Balaban J connectivity index is 1.68. The molecular formula is C19H29NO2. The highest BCUT2D eigenvalue weighted by Crippen LogP contribution is 2.32. The van der Waals surface area contributed by atoms with Gasteiger partial charge in [0.1, 0.15) is 0 Å². The van der Waals surface area contributed by atoms with E-state index in [4.69, 9.17) is 4.74 Å². The van der Waals surface area contributed by atoms with Crippen LogP contribution in [0.5, 0.6) is 0 Å². The number of piperidine rings is 1. The van der Waals surface area contributed by atoms with Crippen LogP contribution in [0, 0.1) is 0 Å². The van der Waals surface area contributed by atoms with Crippen molar-refractivity contribution in [3.63, 3.8) is 0 Å². The second-order valence-corrected chi connectivity index (χ2v) is 6.10. The van der Waals surface area contributed by atoms with Crippen LogP contribution in [-0.2, 0) is 10.3 Å². The summed E-state index contributed by atoms with van der Waals surface area (Å²) in [5.74, 6) is 0. The fourth-order valence-corrected chi connectivity index (χ4v) is 2.83. The molecule has 0 aromatic heterocycles. The van der Waals surface area contributed by atoms with E-state index in [1.165, 1.54) is 6.42 Å². The van der Waals surface area contributed by atoms with Gasteiger partial charge < -0.3 is 9.84 Å². The van der Waals surface area contributed by atoms with Crippen molar-refractivity contribution >= 4 is 0 Å². The maximum Gasteiger partial charge on any atom is 0.0920 e. The molecule has 0 unspecified atom stereocenters. The monoisotopic (exact) mass is 303 g/mol. The van der Waals surface area contributed by atoms with Gasteiger partial charge in [0.15, 0.2) is 0 Å². The van der Waals surface area contributed by atoms with E-state index in [2.05, 4.69) is 24.0 Å². The van der Waals surface area contributed by atoms with Crippen LogP contribution in [0.3, 0.4) is 0 Å². The van der Waals surface area contributed by atoms with Crippen LogP contribution in [0.15, 0.2) is 42.5 Å². The molecule has 1 aliphatic heterocycles. The van der Waals surface area contributed by atoms with E-state index < -0.39 is 5.60 Å². The van der Waals surface area contributed by atoms with Gasteiger partial charge in [0.05, 0.1) is 12.2 Å². The molecule has 0 spiro atoms. The lowest BCUT2D eigenvalue weighted by atomic mass is 9.84. The first kappa shape index (κ1) is 17.2. The Bertz CT molecular complexity index is 436. The van der Waals surface area contributed by atoms with Crippen molar-refractivity contribution in [2.24, 2.45) is 0 Å². The number of likely N-dealkylation sites (tertiary alicyclic amines) is 1. The van der Waals surface area contributed by atoms with E-state index in [0.29, 0.717) is 6.61 Å². The maximum atomic E-state index is 10.8. The SMILES string of the molecule is CCCCOC/C=C/CN1CCC(O)(c2ccccc2)CC1. The highest BCUT2D eigenvalue weighted by molar-refractivity contribution is 5.23. The number of ether oxygens (including phenoxy) is 1. The lowest BCUT2D eigenvalue weighted by molar-refractivity contribution is -0.0234. The fourth-order valence-electron chi connectivity index (χ4n) is 2.83. The molecule has 1 saturated heterocycles. The van der Waals surface area contributed by atoms with Gasteiger partial charge in [-0.1, -0.05) is 55.8 Å². The molecule has 3 heteroatoms. The third-order valence-electron chi connectivity index (χ3n) is 4.38. The van der Waals surface area contributed by atoms with Crippen LogP contribution in [0.1, 0.15) is 38.2 Å². The summed E-state index contributed by atoms with van der Waals surface area (Å²) in [6, 6.07) is 10.1. The molecule has 1 heterocycles. The topological polar surface area (TPSA) is 32.7 Å². The molecule has 3 nitrogen and oxygen atoms in total. The summed E-state index contributed by atoms with van der Waals surface area (Å²) in [5.41, 5.74) is 0.402. The Morgan fingerprint density at radius 3 is 2.59 bits per heavy atom. The van der Waals surface area contributed by atoms with E-state index in [-0.39, 0.29) is 0 Å². The van der Waals surface area contributed by atoms with Crippen molar-refractivity contribution in [3.05, 3.63) is 48.0 Å². The predicted octanol–water partition coefficient (Wildman–Crippen LogP) is 3.34. The van der Waals surface area contributed by atoms with Gasteiger partial charge in [-0.2, -0.15) is 0 Å². The molecule has 22 heavy (non-hydrogen) atoms. The van der Waals surface area contributed by atoms with Gasteiger partial charge in [0, 0.05) is 26.2 Å². The number of rotatable bonds is 8. The second-order valence-electron chi connectivity index (χ2n) is 6.10. The standard InChI is InChI=1S/C19H29NO2/c1-2-3-16-22-17-8-7-13-20-14-11-19(21,12-15-20)18-9-5-4-6-10-18/h4-10,21H,2-3,11-17H2,1H3/b8-7+. The van der Waals surface area contributed by atoms with E-state index in [0.717, 1.165) is 51.1 Å². The smallest absolute Gasteiger partial charge is 0.0920 e. The first-order valence-corrected chi connectivity index (χ1v) is 8.47. The third kappa shape index (κ3) is 5.24. The van der Waals surface area contributed by atoms with Gasteiger partial charge in [-0.15, -0.1) is 0 Å². The van der Waals surface area contributed by atoms with Crippen LogP contribution in [0.4, 0.5) is 0 Å². The molecule has 1 aromatic rings. The van der Waals surface area contributed by atoms with Crippen molar-refractivity contribution < 1.29 is 9.84 Å². The molecule has 0 saturated carbocycles. The van der Waals surface area contributed by atoms with Gasteiger partial charge in [0.25, 0.3) is 0 Å². The van der Waals surface area contributed by atoms with Crippen molar-refractivity contribution in [3.8, 4) is 0 Å². The third-order valence-corrected chi connectivity index (χ3v) is 4.38. The molecule has 2 rings (SSSR count). The molecule has 122 valence electrons. The van der Waals surface area contributed by atoms with Crippen molar-refractivity contribution in [2.75, 3.05) is 32.8 Å². The van der Waals surface area contributed by atoms with E-state index in [9.17, 15) is 5.11 Å². The summed E-state index contributed by atoms with van der Waals surface area (Å²) in [4.78, 5) is 2.39. The van der Waals surface area contributed by atoms with Crippen molar-refractivity contribution in [1.29, 1.82) is 0 Å². The van der Waals surface area contributed by atoms with Gasteiger partial charge in [-0.25, -0.2) is 0 Å². The Morgan fingerprint density at radius 2 is 1.91 bits per heavy atom. The molecule has 0 atom stereocenters. The zero-order valence-corrected chi connectivity index (χ0v) is 13.7. The predicted molar refractivity (Wildman–Crippen MR) is 90.9 cm³/mol. The van der Waals surface area contributed by atoms with Crippen LogP contribution in [-0.4, -0.2) is 42.9 Å². The summed E-state index contributed by atoms with van der Waals surface area (Å²) in [5, 5.41) is 10.8. The van der Waals surface area contributed by atoms with Crippen LogP contribution < -0.4 is 0 Å². The van der Waals surface area contributed by atoms with E-state index in [1.807, 2.05) is 30.3 Å². The lowest BCUT2D eigenvalue weighted by Crippen LogP contribution is -2.42. The van der Waals surface area contributed by atoms with Gasteiger partial charge in [0.2, 0.25) is 0 Å². The van der Waals surface area contributed by atoms with Crippen molar-refractivity contribution in [2.45, 2.75) is 38.2 Å². The van der Waals surface area contributed by atoms with Gasteiger partial charge in [-0.05, 0) is 24.8 Å². The molecular weight excluding hydrogens is 274 g/mol. The summed E-state index contributed by atoms with van der Waals surface area (Å²) in [6.07, 6.45) is 8.21. The highest BCUT2D eigenvalue weighted by Gasteiger charge is 2.33. The summed E-state index contributed by atoms with van der Waals surface area (Å²) in [7, 11) is 0. The molecule has 0 amide bonds. The number of hydrogen-bond acceptors (Lipinski definition) is 3. The minimum Gasteiger partial charge on any atom is -0.385 e. The number of benzene rings is 1. The van der Waals surface area contributed by atoms with Crippen molar-refractivity contribution in [1.82, 2.24) is 4.90 Å². The largest absolute Gasteiger partial charge is 0.385 e. The Hall–Kier alpha value is -1.16. The Kier molecular flexibility index (Phi) is 7.10. The number of nitrogens with zero attached hydrogens (tertiary/aromatic N) is 1. The summed E-state index contributed by atoms with van der Waals surface area (Å²) >= 11 is 0. The van der Waals surface area contributed by atoms with Gasteiger partial charge in [-0.3, -0.25) is 4.90 Å². The second kappa shape index (κ2) is 9.09. The number of aliphatic hydroxyl groups is 1. The Morgan fingerprint density at radius 1 is 1.18 bits per heavy atom. The van der Waals surface area contributed by atoms with E-state index in [1.54, 1.807) is 0 Å². The van der Waals surface area contributed by atoms with Crippen LogP contribution in [0.25, 0.3) is 0 Å². The molecule has 0 bridgehead atoms. The summed E-state index contributed by atoms with van der Waals surface area (Å²) in [6.45, 7) is 6.56. The van der Waals surface area contributed by atoms with Crippen LogP contribution in [0.2, 0.25) is 0 Å². The first-order chi connectivity index (χ1) is 10.7. The normalized spacial score (nSPS) is 18.8. The molecule has 1 aromatic carbocycles. The zero-order valence-electron chi connectivity index (χ0n) is 13.7. The number of unbranched alkanes of at least 4 members (excludes halogenated alkanes) is 1. The minimum atomic E-state index is -0.648. The minimum absolute atomic E-state index is 0.648. The summed E-state index contributed by atoms with van der Waals surface area (Å²) < 4.78 is 5.51. The molecule has 0 aliphatic carbocycles. The van der Waals surface area contributed by atoms with Crippen LogP contribution >= 0.6 is 0 Å². The molecule has 1 aliphatic rings. The molecule has 1 N–H and O–H groups in total. The first-order valence-electron chi connectivity index (χ1n) is 8.47. The highest BCUT2D eigenvalue weighted by atomic mass is 16.5. The fraction of sp³-hybridized carbons (Fsp3) is 0.579. The van der Waals surface area contributed by atoms with E-state index >= 15 is 0 Å². The average molecular weight is 303 g/mol. The quantitative estimate of drug-likeness (QED) is 0.590. The van der Waals surface area contributed by atoms with Gasteiger partial charge >= 0.3 is 0 Å². The molecule has 0 radical (unpaired) electrons. The molecule has 1 fully saturated rings. The maximum absolute atomic E-state index is 10.8. The zero-order chi connectivity index (χ0) is 15.7. The average Bonchev–Trinajstić information content (AvgIpc) is 2.57.